The number of aryl methyl sites for hydroxylation is 1. The number of carbonyl (C=O) groups excluding carboxylic acids is 1. The molecule has 0 spiro atoms. The molecule has 1 amide bonds. The van der Waals surface area contributed by atoms with Crippen LogP contribution in [0.15, 0.2) is 58.3 Å². The summed E-state index contributed by atoms with van der Waals surface area (Å²) < 4.78 is 59.2. The molecular formula is C22H27N3O6S2. The second-order valence-electron chi connectivity index (χ2n) is 8.05. The third-order valence-electron chi connectivity index (χ3n) is 5.89. The van der Waals surface area contributed by atoms with Gasteiger partial charge in [0.1, 0.15) is 0 Å². The van der Waals surface area contributed by atoms with Crippen LogP contribution in [0.5, 0.6) is 0 Å². The lowest BCUT2D eigenvalue weighted by molar-refractivity contribution is 0.0697. The van der Waals surface area contributed by atoms with Gasteiger partial charge in [-0.3, -0.25) is 4.79 Å². The predicted octanol–water partition coefficient (Wildman–Crippen LogP) is 1.16. The molecule has 0 bridgehead atoms. The van der Waals surface area contributed by atoms with Gasteiger partial charge in [0.25, 0.3) is 5.91 Å². The molecule has 0 atom stereocenters. The Balaban J connectivity index is 1.40. The van der Waals surface area contributed by atoms with Gasteiger partial charge in [-0.15, -0.1) is 0 Å². The van der Waals surface area contributed by atoms with Crippen molar-refractivity contribution in [3.63, 3.8) is 0 Å². The van der Waals surface area contributed by atoms with Crippen LogP contribution in [-0.4, -0.2) is 88.7 Å². The summed E-state index contributed by atoms with van der Waals surface area (Å²) in [5.41, 5.74) is 1.35. The number of hydrogen-bond acceptors (Lipinski definition) is 6. The van der Waals surface area contributed by atoms with Crippen molar-refractivity contribution in [3.8, 4) is 0 Å². The van der Waals surface area contributed by atoms with Crippen molar-refractivity contribution >= 4 is 26.0 Å². The first-order valence-corrected chi connectivity index (χ1v) is 13.6. The standard InChI is InChI=1S/C22H27N3O6S2/c1-18-2-6-20(7-3-18)32(27,28)24-12-10-23(11-13-24)22(26)19-4-8-21(9-5-19)33(29,30)25-14-16-31-17-15-25/h2-9H,10-17H2,1H3. The summed E-state index contributed by atoms with van der Waals surface area (Å²) in [6.07, 6.45) is 0. The fourth-order valence-corrected chi connectivity index (χ4v) is 6.71. The van der Waals surface area contributed by atoms with Crippen LogP contribution in [0.1, 0.15) is 15.9 Å². The first kappa shape index (κ1) is 23.8. The topological polar surface area (TPSA) is 104 Å². The Kier molecular flexibility index (Phi) is 6.87. The quantitative estimate of drug-likeness (QED) is 0.619. The number of benzene rings is 2. The van der Waals surface area contributed by atoms with Crippen molar-refractivity contribution in [2.24, 2.45) is 0 Å². The van der Waals surface area contributed by atoms with Crippen LogP contribution >= 0.6 is 0 Å². The third kappa shape index (κ3) is 4.97. The highest BCUT2D eigenvalue weighted by molar-refractivity contribution is 7.89. The zero-order valence-electron chi connectivity index (χ0n) is 18.4. The number of nitrogens with zero attached hydrogens (tertiary/aromatic N) is 3. The number of ether oxygens (including phenoxy) is 1. The molecule has 0 radical (unpaired) electrons. The summed E-state index contributed by atoms with van der Waals surface area (Å²) in [7, 11) is -7.24. The molecule has 2 saturated heterocycles. The van der Waals surface area contributed by atoms with Crippen LogP contribution in [-0.2, 0) is 24.8 Å². The van der Waals surface area contributed by atoms with Crippen LogP contribution in [0.3, 0.4) is 0 Å². The van der Waals surface area contributed by atoms with E-state index in [9.17, 15) is 21.6 Å². The number of piperazine rings is 1. The van der Waals surface area contributed by atoms with E-state index < -0.39 is 20.0 Å². The van der Waals surface area contributed by atoms with Crippen molar-refractivity contribution in [1.82, 2.24) is 13.5 Å². The molecule has 0 aliphatic carbocycles. The fourth-order valence-electron chi connectivity index (χ4n) is 3.88. The van der Waals surface area contributed by atoms with Gasteiger partial charge < -0.3 is 9.64 Å². The minimum atomic E-state index is -3.63. The van der Waals surface area contributed by atoms with E-state index in [0.29, 0.717) is 31.9 Å². The summed E-state index contributed by atoms with van der Waals surface area (Å²) in [5.74, 6) is -0.252. The molecule has 0 aromatic heterocycles. The highest BCUT2D eigenvalue weighted by atomic mass is 32.2. The van der Waals surface area contributed by atoms with E-state index >= 15 is 0 Å². The Morgan fingerprint density at radius 1 is 0.697 bits per heavy atom. The van der Waals surface area contributed by atoms with Crippen LogP contribution < -0.4 is 0 Å². The van der Waals surface area contributed by atoms with E-state index in [2.05, 4.69) is 0 Å². The average Bonchev–Trinajstić information content (AvgIpc) is 2.84. The molecule has 2 fully saturated rings. The first-order valence-electron chi connectivity index (χ1n) is 10.7. The number of rotatable bonds is 5. The molecule has 11 heteroatoms. The second-order valence-corrected chi connectivity index (χ2v) is 11.9. The minimum Gasteiger partial charge on any atom is -0.379 e. The zero-order chi connectivity index (χ0) is 23.6. The zero-order valence-corrected chi connectivity index (χ0v) is 20.0. The fraction of sp³-hybridized carbons (Fsp3) is 0.409. The Morgan fingerprint density at radius 2 is 1.15 bits per heavy atom. The van der Waals surface area contributed by atoms with Crippen LogP contribution in [0, 0.1) is 6.92 Å². The average molecular weight is 494 g/mol. The van der Waals surface area contributed by atoms with Gasteiger partial charge in [0.05, 0.1) is 23.0 Å². The summed E-state index contributed by atoms with van der Waals surface area (Å²) in [5, 5.41) is 0. The summed E-state index contributed by atoms with van der Waals surface area (Å²) in [6, 6.07) is 12.6. The summed E-state index contributed by atoms with van der Waals surface area (Å²) in [4.78, 5) is 14.9. The molecule has 2 aliphatic heterocycles. The van der Waals surface area contributed by atoms with Gasteiger partial charge in [-0.1, -0.05) is 17.7 Å². The molecule has 0 saturated carbocycles. The molecule has 4 rings (SSSR count). The maximum absolute atomic E-state index is 12.9. The number of hydrogen-bond donors (Lipinski definition) is 0. The Bertz CT molecular complexity index is 1200. The van der Waals surface area contributed by atoms with E-state index in [0.717, 1.165) is 5.56 Å². The molecule has 33 heavy (non-hydrogen) atoms. The van der Waals surface area contributed by atoms with Crippen molar-refractivity contribution in [2.75, 3.05) is 52.5 Å². The number of sulfonamides is 2. The van der Waals surface area contributed by atoms with Gasteiger partial charge in [-0.25, -0.2) is 16.8 Å². The molecule has 9 nitrogen and oxygen atoms in total. The Labute approximate surface area is 194 Å². The monoisotopic (exact) mass is 493 g/mol. The maximum atomic E-state index is 12.9. The minimum absolute atomic E-state index is 0.134. The van der Waals surface area contributed by atoms with Gasteiger partial charge in [0.2, 0.25) is 20.0 Å². The van der Waals surface area contributed by atoms with Crippen molar-refractivity contribution < 1.29 is 26.4 Å². The highest BCUT2D eigenvalue weighted by Crippen LogP contribution is 2.21. The van der Waals surface area contributed by atoms with Gasteiger partial charge in [-0.05, 0) is 43.3 Å². The summed E-state index contributed by atoms with van der Waals surface area (Å²) >= 11 is 0. The van der Waals surface area contributed by atoms with E-state index in [-0.39, 0.29) is 41.9 Å². The van der Waals surface area contributed by atoms with E-state index in [1.165, 1.54) is 32.9 Å². The van der Waals surface area contributed by atoms with Crippen molar-refractivity contribution in [1.29, 1.82) is 0 Å². The Morgan fingerprint density at radius 3 is 1.67 bits per heavy atom. The van der Waals surface area contributed by atoms with Gasteiger partial charge in [-0.2, -0.15) is 8.61 Å². The van der Waals surface area contributed by atoms with Crippen LogP contribution in [0.4, 0.5) is 0 Å². The maximum Gasteiger partial charge on any atom is 0.253 e. The van der Waals surface area contributed by atoms with Crippen molar-refractivity contribution in [2.45, 2.75) is 16.7 Å². The number of morpholine rings is 1. The largest absolute Gasteiger partial charge is 0.379 e. The molecule has 0 unspecified atom stereocenters. The summed E-state index contributed by atoms with van der Waals surface area (Å²) in [6.45, 7) is 4.15. The smallest absolute Gasteiger partial charge is 0.253 e. The van der Waals surface area contributed by atoms with Gasteiger partial charge in [0.15, 0.2) is 0 Å². The molecule has 2 aliphatic rings. The predicted molar refractivity (Wildman–Crippen MR) is 122 cm³/mol. The lowest BCUT2D eigenvalue weighted by Gasteiger charge is -2.34. The second kappa shape index (κ2) is 9.51. The van der Waals surface area contributed by atoms with Gasteiger partial charge >= 0.3 is 0 Å². The van der Waals surface area contributed by atoms with Crippen LogP contribution in [0.25, 0.3) is 0 Å². The van der Waals surface area contributed by atoms with E-state index in [4.69, 9.17) is 4.74 Å². The molecule has 2 heterocycles. The highest BCUT2D eigenvalue weighted by Gasteiger charge is 2.31. The normalized spacial score (nSPS) is 18.9. The first-order chi connectivity index (χ1) is 15.7. The number of amides is 1. The Hall–Kier alpha value is -2.31. The molecule has 2 aromatic carbocycles. The molecule has 0 N–H and O–H groups in total. The third-order valence-corrected chi connectivity index (χ3v) is 9.72. The molecule has 2 aromatic rings. The van der Waals surface area contributed by atoms with E-state index in [1.807, 2.05) is 6.92 Å². The molecular weight excluding hydrogens is 466 g/mol. The van der Waals surface area contributed by atoms with Gasteiger partial charge in [0, 0.05) is 44.8 Å². The lowest BCUT2D eigenvalue weighted by atomic mass is 10.2. The number of carbonyl (C=O) groups is 1. The van der Waals surface area contributed by atoms with Crippen LogP contribution in [0.2, 0.25) is 0 Å². The lowest BCUT2D eigenvalue weighted by Crippen LogP contribution is -2.50. The molecule has 178 valence electrons. The van der Waals surface area contributed by atoms with E-state index in [1.54, 1.807) is 29.2 Å². The SMILES string of the molecule is Cc1ccc(S(=O)(=O)N2CCN(C(=O)c3ccc(S(=O)(=O)N4CCOCC4)cc3)CC2)cc1. The van der Waals surface area contributed by atoms with Crippen molar-refractivity contribution in [3.05, 3.63) is 59.7 Å².